The summed E-state index contributed by atoms with van der Waals surface area (Å²) in [4.78, 5) is 25.4. The lowest BCUT2D eigenvalue weighted by Crippen LogP contribution is -2.54. The van der Waals surface area contributed by atoms with Crippen LogP contribution in [0.4, 0.5) is 5.82 Å². The fourth-order valence-electron chi connectivity index (χ4n) is 3.66. The lowest BCUT2D eigenvalue weighted by atomic mass is 10.1. The third-order valence-corrected chi connectivity index (χ3v) is 5.39. The van der Waals surface area contributed by atoms with Crippen LogP contribution in [0, 0.1) is 6.92 Å². The molecule has 0 saturated carbocycles. The maximum atomic E-state index is 12.7. The van der Waals surface area contributed by atoms with Crippen molar-refractivity contribution in [1.82, 2.24) is 14.9 Å². The number of benzene rings is 2. The smallest absolute Gasteiger partial charge is 0.246 e. The Balaban J connectivity index is 1.40. The molecule has 0 N–H and O–H groups in total. The molecule has 1 atom stereocenters. The van der Waals surface area contributed by atoms with Gasteiger partial charge >= 0.3 is 0 Å². The van der Waals surface area contributed by atoms with Gasteiger partial charge in [0.25, 0.3) is 0 Å². The summed E-state index contributed by atoms with van der Waals surface area (Å²) >= 11 is 0. The van der Waals surface area contributed by atoms with Crippen LogP contribution in [-0.4, -0.2) is 46.5 Å². The molecular formula is C25H26N4O2. The van der Waals surface area contributed by atoms with Crippen LogP contribution in [0.15, 0.2) is 73.1 Å². The van der Waals surface area contributed by atoms with Gasteiger partial charge in [-0.3, -0.25) is 4.79 Å². The zero-order chi connectivity index (χ0) is 21.6. The van der Waals surface area contributed by atoms with E-state index in [2.05, 4.69) is 21.8 Å². The Morgan fingerprint density at radius 3 is 2.61 bits per heavy atom. The van der Waals surface area contributed by atoms with Crippen LogP contribution in [0.5, 0.6) is 11.6 Å². The topological polar surface area (TPSA) is 58.6 Å². The molecule has 2 aromatic carbocycles. The van der Waals surface area contributed by atoms with E-state index in [1.165, 1.54) is 6.33 Å². The fourth-order valence-corrected chi connectivity index (χ4v) is 3.66. The number of aromatic nitrogens is 2. The van der Waals surface area contributed by atoms with Crippen LogP contribution in [0.3, 0.4) is 0 Å². The molecule has 1 amide bonds. The number of carbonyl (C=O) groups excluding carboxylic acids is 1. The molecule has 1 aliphatic heterocycles. The predicted molar refractivity (Wildman–Crippen MR) is 122 cm³/mol. The van der Waals surface area contributed by atoms with Crippen LogP contribution in [0.1, 0.15) is 18.1 Å². The Labute approximate surface area is 182 Å². The predicted octanol–water partition coefficient (Wildman–Crippen LogP) is 4.33. The van der Waals surface area contributed by atoms with Crippen LogP contribution in [0.2, 0.25) is 0 Å². The first-order valence-corrected chi connectivity index (χ1v) is 10.4. The van der Waals surface area contributed by atoms with Crippen molar-refractivity contribution in [2.75, 3.05) is 24.5 Å². The van der Waals surface area contributed by atoms with Crippen molar-refractivity contribution in [3.05, 3.63) is 84.2 Å². The lowest BCUT2D eigenvalue weighted by Gasteiger charge is -2.40. The van der Waals surface area contributed by atoms with Gasteiger partial charge in [0.15, 0.2) is 0 Å². The number of carbonyl (C=O) groups is 1. The minimum Gasteiger partial charge on any atom is -0.439 e. The molecule has 0 unspecified atom stereocenters. The molecule has 0 bridgehead atoms. The highest BCUT2D eigenvalue weighted by atomic mass is 16.5. The number of rotatable bonds is 5. The molecule has 0 aliphatic carbocycles. The highest BCUT2D eigenvalue weighted by Crippen LogP contribution is 2.26. The Hall–Kier alpha value is -3.67. The van der Waals surface area contributed by atoms with Crippen molar-refractivity contribution in [2.45, 2.75) is 19.9 Å². The number of ether oxygens (including phenoxy) is 1. The number of nitrogens with zero attached hydrogens (tertiary/aromatic N) is 4. The molecule has 6 heteroatoms. The number of piperazine rings is 1. The van der Waals surface area contributed by atoms with Crippen molar-refractivity contribution in [3.8, 4) is 11.6 Å². The average molecular weight is 415 g/mol. The van der Waals surface area contributed by atoms with Gasteiger partial charge in [-0.25, -0.2) is 9.97 Å². The zero-order valence-electron chi connectivity index (χ0n) is 17.8. The number of anilines is 1. The van der Waals surface area contributed by atoms with E-state index < -0.39 is 0 Å². The maximum Gasteiger partial charge on any atom is 0.246 e. The van der Waals surface area contributed by atoms with E-state index in [0.29, 0.717) is 25.5 Å². The molecule has 31 heavy (non-hydrogen) atoms. The standard InChI is InChI=1S/C25H26N4O2/c1-19-8-6-7-11-22(19)31-24-16-23(26-18-27-24)28-14-15-29(20(2)17-28)25(30)13-12-21-9-4-3-5-10-21/h3-13,16,18,20H,14-15,17H2,1-2H3/b13-12+/t20-/m0/s1. The molecule has 158 valence electrons. The van der Waals surface area contributed by atoms with Gasteiger partial charge in [-0.2, -0.15) is 0 Å². The van der Waals surface area contributed by atoms with E-state index in [4.69, 9.17) is 4.74 Å². The Bertz CT molecular complexity index is 1070. The summed E-state index contributed by atoms with van der Waals surface area (Å²) in [7, 11) is 0. The first kappa shape index (κ1) is 20.6. The minimum absolute atomic E-state index is 0.0299. The largest absolute Gasteiger partial charge is 0.439 e. The van der Waals surface area contributed by atoms with Crippen molar-refractivity contribution >= 4 is 17.8 Å². The second-order valence-corrected chi connectivity index (χ2v) is 7.65. The molecule has 1 aromatic heterocycles. The van der Waals surface area contributed by atoms with Crippen LogP contribution >= 0.6 is 0 Å². The molecule has 0 radical (unpaired) electrons. The number of hydrogen-bond donors (Lipinski definition) is 0. The van der Waals surface area contributed by atoms with E-state index >= 15 is 0 Å². The van der Waals surface area contributed by atoms with Crippen LogP contribution in [-0.2, 0) is 4.79 Å². The van der Waals surface area contributed by atoms with Crippen molar-refractivity contribution in [2.24, 2.45) is 0 Å². The summed E-state index contributed by atoms with van der Waals surface area (Å²) in [5, 5.41) is 0. The number of hydrogen-bond acceptors (Lipinski definition) is 5. The van der Waals surface area contributed by atoms with Gasteiger partial charge in [-0.15, -0.1) is 0 Å². The summed E-state index contributed by atoms with van der Waals surface area (Å²) < 4.78 is 5.95. The van der Waals surface area contributed by atoms with Gasteiger partial charge in [0, 0.05) is 37.8 Å². The molecule has 1 aliphatic rings. The first-order chi connectivity index (χ1) is 15.1. The minimum atomic E-state index is 0.0299. The van der Waals surface area contributed by atoms with E-state index in [-0.39, 0.29) is 11.9 Å². The molecule has 6 nitrogen and oxygen atoms in total. The SMILES string of the molecule is Cc1ccccc1Oc1cc(N2CCN(C(=O)/C=C/c3ccccc3)[C@@H](C)C2)ncn1. The quantitative estimate of drug-likeness (QED) is 0.582. The third kappa shape index (κ3) is 5.09. The van der Waals surface area contributed by atoms with E-state index in [9.17, 15) is 4.79 Å². The van der Waals surface area contributed by atoms with Crippen molar-refractivity contribution < 1.29 is 9.53 Å². The number of amides is 1. The number of para-hydroxylation sites is 1. The van der Waals surface area contributed by atoms with Gasteiger partial charge in [0.1, 0.15) is 17.9 Å². The monoisotopic (exact) mass is 414 g/mol. The third-order valence-electron chi connectivity index (χ3n) is 5.39. The molecule has 3 aromatic rings. The van der Waals surface area contributed by atoms with Gasteiger partial charge in [-0.05, 0) is 37.1 Å². The summed E-state index contributed by atoms with van der Waals surface area (Å²) in [6, 6.07) is 19.6. The summed E-state index contributed by atoms with van der Waals surface area (Å²) in [6.07, 6.45) is 5.04. The normalized spacial score (nSPS) is 16.5. The van der Waals surface area contributed by atoms with E-state index in [0.717, 1.165) is 22.7 Å². The van der Waals surface area contributed by atoms with Crippen molar-refractivity contribution in [3.63, 3.8) is 0 Å². The van der Waals surface area contributed by atoms with E-state index in [1.54, 1.807) is 6.08 Å². The fraction of sp³-hybridized carbons (Fsp3) is 0.240. The number of aryl methyl sites for hydroxylation is 1. The summed E-state index contributed by atoms with van der Waals surface area (Å²) in [5.74, 6) is 2.12. The summed E-state index contributed by atoms with van der Waals surface area (Å²) in [5.41, 5.74) is 2.07. The average Bonchev–Trinajstić information content (AvgIpc) is 2.80. The Kier molecular flexibility index (Phi) is 6.26. The maximum absolute atomic E-state index is 12.7. The molecule has 1 fully saturated rings. The first-order valence-electron chi connectivity index (χ1n) is 10.4. The summed E-state index contributed by atoms with van der Waals surface area (Å²) in [6.45, 7) is 6.10. The van der Waals surface area contributed by atoms with E-state index in [1.807, 2.05) is 78.6 Å². The molecular weight excluding hydrogens is 388 g/mol. The molecule has 4 rings (SSSR count). The Morgan fingerprint density at radius 2 is 1.84 bits per heavy atom. The van der Waals surface area contributed by atoms with Gasteiger partial charge in [-0.1, -0.05) is 48.5 Å². The van der Waals surface area contributed by atoms with Crippen LogP contribution in [0.25, 0.3) is 6.08 Å². The molecule has 0 spiro atoms. The molecule has 2 heterocycles. The second kappa shape index (κ2) is 9.43. The molecule has 1 saturated heterocycles. The van der Waals surface area contributed by atoms with Crippen LogP contribution < -0.4 is 9.64 Å². The van der Waals surface area contributed by atoms with Gasteiger partial charge in [0.05, 0.1) is 0 Å². The highest BCUT2D eigenvalue weighted by Gasteiger charge is 2.27. The second-order valence-electron chi connectivity index (χ2n) is 7.65. The van der Waals surface area contributed by atoms with Gasteiger partial charge < -0.3 is 14.5 Å². The van der Waals surface area contributed by atoms with Gasteiger partial charge in [0.2, 0.25) is 11.8 Å². The lowest BCUT2D eigenvalue weighted by molar-refractivity contribution is -0.128. The highest BCUT2D eigenvalue weighted by molar-refractivity contribution is 5.92. The zero-order valence-corrected chi connectivity index (χ0v) is 17.8. The van der Waals surface area contributed by atoms with Crippen molar-refractivity contribution in [1.29, 1.82) is 0 Å². The Morgan fingerprint density at radius 1 is 1.06 bits per heavy atom.